The third-order valence-electron chi connectivity index (χ3n) is 13.0. The quantitative estimate of drug-likeness (QED) is 0.0228. The number of unbranched alkanes of at least 4 members (excludes halogenated alkanes) is 16. The van der Waals surface area contributed by atoms with Crippen LogP contribution in [0.15, 0.2) is 122 Å². The highest BCUT2D eigenvalue weighted by molar-refractivity contribution is 5.74. The summed E-state index contributed by atoms with van der Waals surface area (Å²) in [6.07, 6.45) is 61.8. The predicted molar refractivity (Wildman–Crippen MR) is 321 cm³/mol. The first kappa shape index (κ1) is 72.1. The molecule has 79 heavy (non-hydrogen) atoms. The molecule has 1 rings (SSSR count). The lowest BCUT2D eigenvalue weighted by Crippen LogP contribution is -2.61. The molecular weight excluding hydrogens is 997 g/mol. The molecular formula is C67H106O12. The van der Waals surface area contributed by atoms with Gasteiger partial charge in [0.1, 0.15) is 18.8 Å². The Balaban J connectivity index is 2.74. The Hall–Kier alpha value is -4.88. The molecule has 1 heterocycles. The van der Waals surface area contributed by atoms with E-state index in [0.29, 0.717) is 25.7 Å². The van der Waals surface area contributed by atoms with Gasteiger partial charge in [-0.25, -0.2) is 4.79 Å². The lowest BCUT2D eigenvalue weighted by atomic mass is 9.98. The van der Waals surface area contributed by atoms with Crippen LogP contribution in [0.4, 0.5) is 0 Å². The molecule has 6 unspecified atom stereocenters. The number of carbonyl (C=O) groups excluding carboxylic acids is 3. The highest BCUT2D eigenvalue weighted by atomic mass is 16.7. The number of hydrogen-bond acceptors (Lipinski definition) is 11. The van der Waals surface area contributed by atoms with Gasteiger partial charge in [0.25, 0.3) is 0 Å². The van der Waals surface area contributed by atoms with Gasteiger partial charge >= 0.3 is 23.9 Å². The third kappa shape index (κ3) is 43.6. The molecule has 0 amide bonds. The summed E-state index contributed by atoms with van der Waals surface area (Å²) in [7, 11) is 0. The van der Waals surface area contributed by atoms with Crippen LogP contribution in [0.5, 0.6) is 0 Å². The molecule has 0 bridgehead atoms. The van der Waals surface area contributed by atoms with Gasteiger partial charge in [-0.05, 0) is 116 Å². The number of carbonyl (C=O) groups is 4. The van der Waals surface area contributed by atoms with Gasteiger partial charge in [0, 0.05) is 19.3 Å². The summed E-state index contributed by atoms with van der Waals surface area (Å²) in [5.41, 5.74) is 0. The van der Waals surface area contributed by atoms with Crippen LogP contribution in [-0.2, 0) is 42.9 Å². The number of carboxylic acid groups (broad SMARTS) is 1. The van der Waals surface area contributed by atoms with Crippen molar-refractivity contribution in [3.05, 3.63) is 122 Å². The standard InChI is InChI=1S/C67H106O12/c1-4-7-10-13-16-19-22-25-27-29-30-32-33-36-38-41-44-47-50-53-59(68)75-56-58(77-60(69)54-51-48-45-42-40-37-34-31-28-26-23-20-17-14-11-8-5-2)57-76-67-65(63(72)62(71)64(79-67)66(73)74)78-61(70)55-52-49-46-43-39-35-24-21-18-15-12-9-6-3/h7,9-10,12,16,18-19,21,25-28,30,32,35-36,38-39,46,49,58,62-65,67,71-72H,4-6,8,11,13-15,17,20,22-24,29,31,33-34,37,40-45,47-48,50-57H2,1-3H3,(H,73,74)/b10-7-,12-9-,19-16-,21-18-,27-25-,28-26-,32-30-,38-36-,39-35-,49-46-. The zero-order chi connectivity index (χ0) is 57.5. The van der Waals surface area contributed by atoms with Crippen LogP contribution in [0.1, 0.15) is 226 Å². The molecule has 0 aliphatic carbocycles. The van der Waals surface area contributed by atoms with Gasteiger partial charge in [-0.15, -0.1) is 0 Å². The zero-order valence-corrected chi connectivity index (χ0v) is 49.1. The summed E-state index contributed by atoms with van der Waals surface area (Å²) < 4.78 is 28.3. The number of allylic oxidation sites excluding steroid dienone is 20. The van der Waals surface area contributed by atoms with Crippen molar-refractivity contribution in [1.29, 1.82) is 0 Å². The van der Waals surface area contributed by atoms with E-state index in [2.05, 4.69) is 124 Å². The minimum atomic E-state index is -1.94. The summed E-state index contributed by atoms with van der Waals surface area (Å²) in [6.45, 7) is 5.69. The van der Waals surface area contributed by atoms with Gasteiger partial charge in [0.15, 0.2) is 24.6 Å². The Labute approximate surface area is 478 Å². The van der Waals surface area contributed by atoms with Crippen molar-refractivity contribution in [3.63, 3.8) is 0 Å². The molecule has 12 nitrogen and oxygen atoms in total. The van der Waals surface area contributed by atoms with Gasteiger partial charge in [0.05, 0.1) is 6.61 Å². The van der Waals surface area contributed by atoms with Gasteiger partial charge in [0.2, 0.25) is 0 Å². The summed E-state index contributed by atoms with van der Waals surface area (Å²) in [5.74, 6) is -3.29. The van der Waals surface area contributed by atoms with Gasteiger partial charge < -0.3 is 39.0 Å². The maximum absolute atomic E-state index is 13.2. The summed E-state index contributed by atoms with van der Waals surface area (Å²) in [6, 6.07) is 0. The van der Waals surface area contributed by atoms with Crippen LogP contribution in [0.3, 0.4) is 0 Å². The molecule has 0 spiro atoms. The van der Waals surface area contributed by atoms with E-state index in [9.17, 15) is 34.5 Å². The Kier molecular flexibility index (Phi) is 49.1. The lowest BCUT2D eigenvalue weighted by molar-refractivity contribution is -0.301. The van der Waals surface area contributed by atoms with Gasteiger partial charge in [-0.3, -0.25) is 14.4 Å². The number of aliphatic hydroxyl groups excluding tert-OH is 2. The second kappa shape index (κ2) is 53.7. The molecule has 0 aromatic carbocycles. The first-order chi connectivity index (χ1) is 38.6. The Morgan fingerprint density at radius 2 is 0.823 bits per heavy atom. The molecule has 446 valence electrons. The molecule has 1 fully saturated rings. The van der Waals surface area contributed by atoms with Gasteiger partial charge in [-0.2, -0.15) is 0 Å². The minimum absolute atomic E-state index is 0.0702. The third-order valence-corrected chi connectivity index (χ3v) is 13.0. The number of rotatable bonds is 50. The largest absolute Gasteiger partial charge is 0.479 e. The number of aliphatic hydroxyl groups is 2. The average molecular weight is 1100 g/mol. The van der Waals surface area contributed by atoms with E-state index < -0.39 is 67.3 Å². The fourth-order valence-electron chi connectivity index (χ4n) is 8.40. The molecule has 1 aliphatic rings. The second-order valence-corrected chi connectivity index (χ2v) is 20.2. The number of hydrogen-bond donors (Lipinski definition) is 3. The topological polar surface area (TPSA) is 175 Å². The fraction of sp³-hybridized carbons (Fsp3) is 0.642. The van der Waals surface area contributed by atoms with Crippen LogP contribution in [-0.4, -0.2) is 89.2 Å². The molecule has 3 N–H and O–H groups in total. The van der Waals surface area contributed by atoms with Gasteiger partial charge in [-0.1, -0.05) is 213 Å². The SMILES string of the molecule is CC/C=C\C/C=C\C/C=C\C/C=C\C/C=C\CCCCCC(=O)OCC(COC1OC(C(=O)O)C(O)C(O)C1OC(=O)CC/C=C\C/C=C\C/C=C\C/C=C\CC)OC(=O)CCCCCCCCC/C=C\CCCCCCCC. The molecule has 0 aromatic rings. The molecule has 0 aromatic heterocycles. The molecule has 0 radical (unpaired) electrons. The van der Waals surface area contributed by atoms with Crippen molar-refractivity contribution in [3.8, 4) is 0 Å². The fourth-order valence-corrected chi connectivity index (χ4v) is 8.40. The molecule has 1 aliphatic heterocycles. The number of carboxylic acids is 1. The molecule has 1 saturated heterocycles. The Morgan fingerprint density at radius 1 is 0.430 bits per heavy atom. The van der Waals surface area contributed by atoms with E-state index >= 15 is 0 Å². The molecule has 12 heteroatoms. The van der Waals surface area contributed by atoms with E-state index in [0.717, 1.165) is 103 Å². The van der Waals surface area contributed by atoms with E-state index in [4.69, 9.17) is 23.7 Å². The summed E-state index contributed by atoms with van der Waals surface area (Å²) >= 11 is 0. The number of esters is 3. The van der Waals surface area contributed by atoms with E-state index in [1.807, 2.05) is 18.2 Å². The minimum Gasteiger partial charge on any atom is -0.479 e. The zero-order valence-electron chi connectivity index (χ0n) is 49.1. The van der Waals surface area contributed by atoms with Crippen LogP contribution in [0.2, 0.25) is 0 Å². The monoisotopic (exact) mass is 1100 g/mol. The average Bonchev–Trinajstić information content (AvgIpc) is 3.44. The second-order valence-electron chi connectivity index (χ2n) is 20.2. The highest BCUT2D eigenvalue weighted by Gasteiger charge is 2.50. The first-order valence-corrected chi connectivity index (χ1v) is 30.5. The van der Waals surface area contributed by atoms with Crippen LogP contribution < -0.4 is 0 Å². The highest BCUT2D eigenvalue weighted by Crippen LogP contribution is 2.26. The van der Waals surface area contributed by atoms with Crippen molar-refractivity contribution >= 4 is 23.9 Å². The molecule has 6 atom stereocenters. The maximum Gasteiger partial charge on any atom is 0.335 e. The van der Waals surface area contributed by atoms with Crippen LogP contribution >= 0.6 is 0 Å². The Morgan fingerprint density at radius 3 is 1.29 bits per heavy atom. The number of ether oxygens (including phenoxy) is 5. The first-order valence-electron chi connectivity index (χ1n) is 30.5. The smallest absolute Gasteiger partial charge is 0.335 e. The predicted octanol–water partition coefficient (Wildman–Crippen LogP) is 16.0. The van der Waals surface area contributed by atoms with Crippen molar-refractivity contribution in [2.45, 2.75) is 263 Å². The Bertz CT molecular complexity index is 1840. The van der Waals surface area contributed by atoms with E-state index in [1.165, 1.54) is 57.8 Å². The van der Waals surface area contributed by atoms with E-state index in [-0.39, 0.29) is 25.9 Å². The number of aliphatic carboxylic acids is 1. The van der Waals surface area contributed by atoms with Crippen molar-refractivity contribution in [2.75, 3.05) is 13.2 Å². The van der Waals surface area contributed by atoms with Crippen molar-refractivity contribution < 1.29 is 58.2 Å². The van der Waals surface area contributed by atoms with Crippen molar-refractivity contribution in [1.82, 2.24) is 0 Å². The molecule has 0 saturated carbocycles. The summed E-state index contributed by atoms with van der Waals surface area (Å²) in [4.78, 5) is 51.2. The summed E-state index contributed by atoms with van der Waals surface area (Å²) in [5, 5.41) is 31.5. The van der Waals surface area contributed by atoms with E-state index in [1.54, 1.807) is 0 Å². The lowest BCUT2D eigenvalue weighted by Gasteiger charge is -2.40. The maximum atomic E-state index is 13.2. The van der Waals surface area contributed by atoms with Crippen molar-refractivity contribution in [2.24, 2.45) is 0 Å². The normalized spacial score (nSPS) is 18.7. The van der Waals surface area contributed by atoms with Crippen LogP contribution in [0, 0.1) is 0 Å². The van der Waals surface area contributed by atoms with Crippen LogP contribution in [0.25, 0.3) is 0 Å².